The van der Waals surface area contributed by atoms with Crippen molar-refractivity contribution in [3.05, 3.63) is 33.8 Å². The molecule has 1 aromatic carbocycles. The van der Waals surface area contributed by atoms with Crippen molar-refractivity contribution in [3.63, 3.8) is 0 Å². The summed E-state index contributed by atoms with van der Waals surface area (Å²) < 4.78 is 11.4. The van der Waals surface area contributed by atoms with E-state index in [9.17, 15) is 0 Å². The van der Waals surface area contributed by atoms with Crippen LogP contribution in [0.5, 0.6) is 11.5 Å². The van der Waals surface area contributed by atoms with Gasteiger partial charge in [0.25, 0.3) is 0 Å². The number of rotatable bonds is 6. The average Bonchev–Trinajstić information content (AvgIpc) is 2.30. The predicted molar refractivity (Wildman–Crippen MR) is 73.9 cm³/mol. The first-order valence-electron chi connectivity index (χ1n) is 5.03. The van der Waals surface area contributed by atoms with E-state index in [4.69, 9.17) is 21.1 Å². The second-order valence-electron chi connectivity index (χ2n) is 3.42. The third kappa shape index (κ3) is 4.22. The predicted octanol–water partition coefficient (Wildman–Crippen LogP) is 3.31. The van der Waals surface area contributed by atoms with Gasteiger partial charge in [-0.25, -0.2) is 0 Å². The van der Waals surface area contributed by atoms with Crippen LogP contribution in [0.3, 0.4) is 0 Å². The van der Waals surface area contributed by atoms with E-state index in [0.717, 1.165) is 10.0 Å². The fourth-order valence-electron chi connectivity index (χ4n) is 1.36. The lowest BCUT2D eigenvalue weighted by Crippen LogP contribution is -2.15. The van der Waals surface area contributed by atoms with Gasteiger partial charge in [0.1, 0.15) is 0 Å². The number of ether oxygens (including phenoxy) is 2. The van der Waals surface area contributed by atoms with Gasteiger partial charge in [-0.3, -0.25) is 0 Å². The summed E-state index contributed by atoms with van der Waals surface area (Å²) in [6.45, 7) is 4.86. The molecular formula is C12H15BrClNO2. The Bertz CT molecular complexity index is 410. The van der Waals surface area contributed by atoms with Crippen molar-refractivity contribution >= 4 is 27.5 Å². The van der Waals surface area contributed by atoms with Gasteiger partial charge in [0.15, 0.2) is 11.5 Å². The SMILES string of the molecule is C=C(Cl)CNCc1cc(OC)c(OC)cc1Br. The molecule has 0 bridgehead atoms. The molecule has 1 N–H and O–H groups in total. The summed E-state index contributed by atoms with van der Waals surface area (Å²) in [7, 11) is 3.23. The summed E-state index contributed by atoms with van der Waals surface area (Å²) in [5, 5.41) is 3.76. The summed E-state index contributed by atoms with van der Waals surface area (Å²) in [6, 6.07) is 3.80. The highest BCUT2D eigenvalue weighted by atomic mass is 79.9. The second-order valence-corrected chi connectivity index (χ2v) is 4.81. The summed E-state index contributed by atoms with van der Waals surface area (Å²) >= 11 is 9.16. The quantitative estimate of drug-likeness (QED) is 0.872. The van der Waals surface area contributed by atoms with Crippen molar-refractivity contribution < 1.29 is 9.47 Å². The third-order valence-electron chi connectivity index (χ3n) is 2.18. The van der Waals surface area contributed by atoms with E-state index in [1.54, 1.807) is 14.2 Å². The van der Waals surface area contributed by atoms with Crippen LogP contribution >= 0.6 is 27.5 Å². The topological polar surface area (TPSA) is 30.5 Å². The molecule has 5 heteroatoms. The van der Waals surface area contributed by atoms with Gasteiger partial charge in [-0.05, 0) is 17.7 Å². The first kappa shape index (κ1) is 14.4. The molecule has 0 aliphatic carbocycles. The van der Waals surface area contributed by atoms with E-state index < -0.39 is 0 Å². The van der Waals surface area contributed by atoms with Crippen LogP contribution in [0.25, 0.3) is 0 Å². The average molecular weight is 321 g/mol. The Balaban J connectivity index is 2.81. The molecule has 1 aromatic rings. The molecule has 94 valence electrons. The zero-order valence-electron chi connectivity index (χ0n) is 9.85. The molecule has 1 rings (SSSR count). The van der Waals surface area contributed by atoms with Gasteiger partial charge in [-0.1, -0.05) is 34.1 Å². The first-order chi connectivity index (χ1) is 8.08. The largest absolute Gasteiger partial charge is 0.493 e. The molecule has 0 amide bonds. The van der Waals surface area contributed by atoms with Gasteiger partial charge < -0.3 is 14.8 Å². The fraction of sp³-hybridized carbons (Fsp3) is 0.333. The van der Waals surface area contributed by atoms with Crippen molar-refractivity contribution in [1.29, 1.82) is 0 Å². The molecule has 0 unspecified atom stereocenters. The van der Waals surface area contributed by atoms with E-state index in [2.05, 4.69) is 27.8 Å². The van der Waals surface area contributed by atoms with E-state index in [1.807, 2.05) is 12.1 Å². The third-order valence-corrected chi connectivity index (χ3v) is 3.06. The molecule has 0 aliphatic heterocycles. The second kappa shape index (κ2) is 6.89. The molecule has 0 saturated heterocycles. The maximum absolute atomic E-state index is 5.68. The molecule has 0 atom stereocenters. The molecule has 0 heterocycles. The highest BCUT2D eigenvalue weighted by Crippen LogP contribution is 2.33. The lowest BCUT2D eigenvalue weighted by molar-refractivity contribution is 0.354. The number of nitrogens with one attached hydrogen (secondary N) is 1. The number of benzene rings is 1. The van der Waals surface area contributed by atoms with E-state index in [0.29, 0.717) is 29.6 Å². The lowest BCUT2D eigenvalue weighted by Gasteiger charge is -2.12. The fourth-order valence-corrected chi connectivity index (χ4v) is 1.92. The molecule has 0 saturated carbocycles. The van der Waals surface area contributed by atoms with Crippen LogP contribution in [0.15, 0.2) is 28.2 Å². The van der Waals surface area contributed by atoms with Gasteiger partial charge in [-0.15, -0.1) is 0 Å². The van der Waals surface area contributed by atoms with Crippen molar-refractivity contribution in [2.75, 3.05) is 20.8 Å². The molecular weight excluding hydrogens is 305 g/mol. The van der Waals surface area contributed by atoms with E-state index in [1.165, 1.54) is 0 Å². The van der Waals surface area contributed by atoms with Gasteiger partial charge in [0, 0.05) is 22.6 Å². The van der Waals surface area contributed by atoms with E-state index >= 15 is 0 Å². The van der Waals surface area contributed by atoms with Crippen LogP contribution in [-0.4, -0.2) is 20.8 Å². The van der Waals surface area contributed by atoms with Crippen LogP contribution in [0, 0.1) is 0 Å². The van der Waals surface area contributed by atoms with E-state index in [-0.39, 0.29) is 0 Å². The first-order valence-corrected chi connectivity index (χ1v) is 6.20. The smallest absolute Gasteiger partial charge is 0.161 e. The normalized spacial score (nSPS) is 10.1. The Morgan fingerprint density at radius 2 is 1.94 bits per heavy atom. The Labute approximate surface area is 115 Å². The van der Waals surface area contributed by atoms with Gasteiger partial charge in [0.2, 0.25) is 0 Å². The zero-order chi connectivity index (χ0) is 12.8. The molecule has 0 aliphatic rings. The number of hydrogen-bond donors (Lipinski definition) is 1. The number of halogens is 2. The van der Waals surface area contributed by atoms with Crippen LogP contribution in [0.2, 0.25) is 0 Å². The van der Waals surface area contributed by atoms with Crippen molar-refractivity contribution in [2.45, 2.75) is 6.54 Å². The molecule has 0 aromatic heterocycles. The molecule has 0 fully saturated rings. The Kier molecular flexibility index (Phi) is 5.82. The highest BCUT2D eigenvalue weighted by Gasteiger charge is 2.09. The van der Waals surface area contributed by atoms with Crippen LogP contribution in [0.1, 0.15) is 5.56 Å². The molecule has 0 spiro atoms. The lowest BCUT2D eigenvalue weighted by atomic mass is 10.2. The van der Waals surface area contributed by atoms with Crippen LogP contribution in [0.4, 0.5) is 0 Å². The van der Waals surface area contributed by atoms with Crippen molar-refractivity contribution in [1.82, 2.24) is 5.32 Å². The zero-order valence-corrected chi connectivity index (χ0v) is 12.2. The Morgan fingerprint density at radius 1 is 1.35 bits per heavy atom. The summed E-state index contributed by atoms with van der Waals surface area (Å²) in [5.41, 5.74) is 1.07. The van der Waals surface area contributed by atoms with Gasteiger partial charge >= 0.3 is 0 Å². The molecule has 17 heavy (non-hydrogen) atoms. The van der Waals surface area contributed by atoms with Crippen molar-refractivity contribution in [2.24, 2.45) is 0 Å². The molecule has 3 nitrogen and oxygen atoms in total. The maximum Gasteiger partial charge on any atom is 0.161 e. The number of methoxy groups -OCH3 is 2. The number of hydrogen-bond acceptors (Lipinski definition) is 3. The Hall–Kier alpha value is -0.710. The van der Waals surface area contributed by atoms with Crippen LogP contribution in [-0.2, 0) is 6.54 Å². The minimum Gasteiger partial charge on any atom is -0.493 e. The Morgan fingerprint density at radius 3 is 2.47 bits per heavy atom. The van der Waals surface area contributed by atoms with Gasteiger partial charge in [-0.2, -0.15) is 0 Å². The van der Waals surface area contributed by atoms with Gasteiger partial charge in [0.05, 0.1) is 14.2 Å². The highest BCUT2D eigenvalue weighted by molar-refractivity contribution is 9.10. The van der Waals surface area contributed by atoms with Crippen molar-refractivity contribution in [3.8, 4) is 11.5 Å². The monoisotopic (exact) mass is 319 g/mol. The minimum atomic E-state index is 0.572. The summed E-state index contributed by atoms with van der Waals surface area (Å²) in [6.07, 6.45) is 0. The maximum atomic E-state index is 5.68. The minimum absolute atomic E-state index is 0.572. The summed E-state index contributed by atoms with van der Waals surface area (Å²) in [5.74, 6) is 1.40. The molecule has 0 radical (unpaired) electrons. The summed E-state index contributed by atoms with van der Waals surface area (Å²) in [4.78, 5) is 0. The van der Waals surface area contributed by atoms with Crippen LogP contribution < -0.4 is 14.8 Å². The standard InChI is InChI=1S/C12H15BrClNO2/c1-8(14)6-15-7-9-4-11(16-2)12(17-3)5-10(9)13/h4-5,15H,1,6-7H2,2-3H3.